The second-order valence-electron chi connectivity index (χ2n) is 4.92. The Bertz CT molecular complexity index is 353. The van der Waals surface area contributed by atoms with Crippen LogP contribution in [0.5, 0.6) is 0 Å². The average Bonchev–Trinajstić information content (AvgIpc) is 2.75. The summed E-state index contributed by atoms with van der Waals surface area (Å²) in [4.78, 5) is 0. The van der Waals surface area contributed by atoms with Gasteiger partial charge < -0.3 is 9.73 Å². The number of hydrogen-bond acceptors (Lipinski definition) is 4. The third-order valence-electron chi connectivity index (χ3n) is 3.94. The predicted octanol–water partition coefficient (Wildman–Crippen LogP) is 1.74. The highest BCUT2D eigenvalue weighted by Crippen LogP contribution is 2.62. The van der Waals surface area contributed by atoms with Crippen molar-refractivity contribution < 1.29 is 4.42 Å². The lowest BCUT2D eigenvalue weighted by Crippen LogP contribution is -2.16. The molecule has 2 aliphatic carbocycles. The van der Waals surface area contributed by atoms with Crippen LogP contribution in [0.4, 0.5) is 0 Å². The van der Waals surface area contributed by atoms with Crippen molar-refractivity contribution in [2.24, 2.45) is 11.8 Å². The van der Waals surface area contributed by atoms with Crippen LogP contribution >= 0.6 is 0 Å². The fourth-order valence-corrected chi connectivity index (χ4v) is 3.06. The van der Waals surface area contributed by atoms with E-state index in [0.29, 0.717) is 5.92 Å². The number of aromatic nitrogens is 2. The number of likely N-dealkylation sites (N-methyl/N-ethyl adjacent to an activating group) is 1. The Balaban J connectivity index is 1.57. The molecule has 1 N–H and O–H groups in total. The maximum Gasteiger partial charge on any atom is 0.220 e. The molecule has 0 spiro atoms. The van der Waals surface area contributed by atoms with Crippen molar-refractivity contribution in [3.05, 3.63) is 11.8 Å². The average molecular weight is 221 g/mol. The zero-order valence-electron chi connectivity index (χ0n) is 9.78. The molecule has 4 heteroatoms. The zero-order valence-corrected chi connectivity index (χ0v) is 9.78. The minimum atomic E-state index is 0.606. The van der Waals surface area contributed by atoms with Crippen molar-refractivity contribution >= 4 is 0 Å². The second-order valence-corrected chi connectivity index (χ2v) is 4.92. The van der Waals surface area contributed by atoms with E-state index in [-0.39, 0.29) is 0 Å². The molecule has 2 unspecified atom stereocenters. The van der Waals surface area contributed by atoms with Crippen LogP contribution in [0.1, 0.15) is 43.9 Å². The van der Waals surface area contributed by atoms with Crippen LogP contribution in [0.15, 0.2) is 4.42 Å². The molecular formula is C12H19N3O. The molecule has 3 rings (SSSR count). The number of nitrogens with one attached hydrogen (secondary N) is 1. The summed E-state index contributed by atoms with van der Waals surface area (Å²) < 4.78 is 5.73. The van der Waals surface area contributed by atoms with Crippen molar-refractivity contribution in [3.63, 3.8) is 0 Å². The molecule has 1 aromatic heterocycles. The number of hydrogen-bond donors (Lipinski definition) is 1. The topological polar surface area (TPSA) is 51.0 Å². The molecule has 2 atom stereocenters. The van der Waals surface area contributed by atoms with Gasteiger partial charge in [0.2, 0.25) is 11.8 Å². The van der Waals surface area contributed by atoms with Crippen LogP contribution in [0.2, 0.25) is 0 Å². The first-order valence-electron chi connectivity index (χ1n) is 6.43. The molecule has 0 radical (unpaired) electrons. The van der Waals surface area contributed by atoms with Crippen LogP contribution in [0.3, 0.4) is 0 Å². The number of nitrogens with zero attached hydrogens (tertiary/aromatic N) is 2. The molecular weight excluding hydrogens is 202 g/mol. The lowest BCUT2D eigenvalue weighted by atomic mass is 10.1. The molecule has 4 nitrogen and oxygen atoms in total. The van der Waals surface area contributed by atoms with Gasteiger partial charge in [0.15, 0.2) is 0 Å². The Hall–Kier alpha value is -0.900. The molecule has 1 heterocycles. The largest absolute Gasteiger partial charge is 0.425 e. The van der Waals surface area contributed by atoms with E-state index in [9.17, 15) is 0 Å². The second kappa shape index (κ2) is 4.17. The van der Waals surface area contributed by atoms with Crippen molar-refractivity contribution in [2.45, 2.75) is 38.5 Å². The smallest absolute Gasteiger partial charge is 0.220 e. The lowest BCUT2D eigenvalue weighted by Gasteiger charge is -1.97. The molecule has 0 aromatic carbocycles. The minimum absolute atomic E-state index is 0.606. The lowest BCUT2D eigenvalue weighted by molar-refractivity contribution is 0.429. The third-order valence-corrected chi connectivity index (χ3v) is 3.94. The van der Waals surface area contributed by atoms with E-state index in [1.165, 1.54) is 19.3 Å². The van der Waals surface area contributed by atoms with Gasteiger partial charge in [0.1, 0.15) is 0 Å². The van der Waals surface area contributed by atoms with E-state index in [4.69, 9.17) is 4.42 Å². The summed E-state index contributed by atoms with van der Waals surface area (Å²) in [5.41, 5.74) is 0. The van der Waals surface area contributed by atoms with Gasteiger partial charge in [0, 0.05) is 18.9 Å². The molecule has 2 fully saturated rings. The van der Waals surface area contributed by atoms with Crippen molar-refractivity contribution in [3.8, 4) is 0 Å². The summed E-state index contributed by atoms with van der Waals surface area (Å²) in [6, 6.07) is 0. The van der Waals surface area contributed by atoms with Crippen molar-refractivity contribution in [1.29, 1.82) is 0 Å². The Morgan fingerprint density at radius 2 is 2.12 bits per heavy atom. The normalized spacial score (nSPS) is 31.7. The first-order valence-corrected chi connectivity index (χ1v) is 6.43. The van der Waals surface area contributed by atoms with Gasteiger partial charge in [0.25, 0.3) is 0 Å². The SMILES string of the molecule is CCNCCc1nnc(C2C3CCCC32)o1. The fraction of sp³-hybridized carbons (Fsp3) is 0.833. The summed E-state index contributed by atoms with van der Waals surface area (Å²) >= 11 is 0. The van der Waals surface area contributed by atoms with Gasteiger partial charge in [-0.15, -0.1) is 10.2 Å². The molecule has 0 bridgehead atoms. The van der Waals surface area contributed by atoms with Crippen LogP contribution in [0.25, 0.3) is 0 Å². The maximum absolute atomic E-state index is 5.73. The third kappa shape index (κ3) is 1.75. The van der Waals surface area contributed by atoms with Crippen LogP contribution in [0, 0.1) is 11.8 Å². The van der Waals surface area contributed by atoms with Crippen LogP contribution in [-0.2, 0) is 6.42 Å². The van der Waals surface area contributed by atoms with Gasteiger partial charge in [-0.2, -0.15) is 0 Å². The first-order chi connectivity index (χ1) is 7.90. The monoisotopic (exact) mass is 221 g/mol. The van der Waals surface area contributed by atoms with Gasteiger partial charge in [-0.3, -0.25) is 0 Å². The summed E-state index contributed by atoms with van der Waals surface area (Å²) in [7, 11) is 0. The summed E-state index contributed by atoms with van der Waals surface area (Å²) in [5, 5.41) is 11.6. The number of rotatable bonds is 5. The fourth-order valence-electron chi connectivity index (χ4n) is 3.06. The molecule has 0 aliphatic heterocycles. The van der Waals surface area contributed by atoms with Gasteiger partial charge in [-0.1, -0.05) is 13.3 Å². The van der Waals surface area contributed by atoms with E-state index in [1.54, 1.807) is 0 Å². The molecule has 1 aromatic rings. The van der Waals surface area contributed by atoms with Gasteiger partial charge in [-0.25, -0.2) is 0 Å². The van der Waals surface area contributed by atoms with Gasteiger partial charge >= 0.3 is 0 Å². The summed E-state index contributed by atoms with van der Waals surface area (Å²) in [6.45, 7) is 4.02. The van der Waals surface area contributed by atoms with Crippen molar-refractivity contribution in [2.75, 3.05) is 13.1 Å². The number of fused-ring (bicyclic) bond motifs is 1. The highest BCUT2D eigenvalue weighted by Gasteiger charge is 2.56. The Kier molecular flexibility index (Phi) is 2.67. The Morgan fingerprint density at radius 3 is 2.88 bits per heavy atom. The predicted molar refractivity (Wildman–Crippen MR) is 60.1 cm³/mol. The molecule has 88 valence electrons. The quantitative estimate of drug-likeness (QED) is 0.769. The standard InChI is InChI=1S/C12H19N3O/c1-2-13-7-6-10-14-15-12(16-10)11-8-4-3-5-9(8)11/h8-9,11,13H,2-7H2,1H3. The van der Waals surface area contributed by atoms with Crippen LogP contribution in [-0.4, -0.2) is 23.3 Å². The van der Waals surface area contributed by atoms with E-state index < -0.39 is 0 Å². The molecule has 0 saturated heterocycles. The van der Waals surface area contributed by atoms with E-state index in [0.717, 1.165) is 43.1 Å². The highest BCUT2D eigenvalue weighted by molar-refractivity contribution is 5.15. The molecule has 16 heavy (non-hydrogen) atoms. The van der Waals surface area contributed by atoms with Crippen molar-refractivity contribution in [1.82, 2.24) is 15.5 Å². The van der Waals surface area contributed by atoms with E-state index in [2.05, 4.69) is 22.4 Å². The highest BCUT2D eigenvalue weighted by atomic mass is 16.4. The Morgan fingerprint density at radius 1 is 1.31 bits per heavy atom. The molecule has 0 amide bonds. The molecule has 2 aliphatic rings. The Labute approximate surface area is 95.8 Å². The summed E-state index contributed by atoms with van der Waals surface area (Å²) in [6.07, 6.45) is 4.98. The minimum Gasteiger partial charge on any atom is -0.425 e. The first kappa shape index (κ1) is 10.3. The molecule has 2 saturated carbocycles. The summed E-state index contributed by atoms with van der Waals surface area (Å²) in [5.74, 6) is 4.03. The van der Waals surface area contributed by atoms with Gasteiger partial charge in [0.05, 0.1) is 0 Å². The zero-order chi connectivity index (χ0) is 11.0. The van der Waals surface area contributed by atoms with E-state index in [1.807, 2.05) is 0 Å². The van der Waals surface area contributed by atoms with Gasteiger partial charge in [-0.05, 0) is 31.2 Å². The maximum atomic E-state index is 5.73. The van der Waals surface area contributed by atoms with Crippen LogP contribution < -0.4 is 5.32 Å². The van der Waals surface area contributed by atoms with E-state index >= 15 is 0 Å².